The molecule has 1 N–H and O–H groups in total. The van der Waals surface area contributed by atoms with Gasteiger partial charge in [-0.3, -0.25) is 14.3 Å². The largest absolute Gasteiger partial charge is 0.354 e. The number of amides is 1. The van der Waals surface area contributed by atoms with Gasteiger partial charge < -0.3 is 5.32 Å². The number of carbonyl (C=O) groups is 1. The predicted molar refractivity (Wildman–Crippen MR) is 103 cm³/mol. The zero-order valence-corrected chi connectivity index (χ0v) is 15.2. The summed E-state index contributed by atoms with van der Waals surface area (Å²) in [5, 5.41) is 7.59. The Hall–Kier alpha value is -2.95. The molecule has 0 aliphatic carbocycles. The second-order valence-corrected chi connectivity index (χ2v) is 6.57. The number of para-hydroxylation sites is 1. The molecule has 1 aromatic heterocycles. The van der Waals surface area contributed by atoms with Crippen LogP contribution in [0, 0.1) is 13.8 Å². The van der Waals surface area contributed by atoms with Crippen molar-refractivity contribution in [2.45, 2.75) is 33.2 Å². The molecule has 0 atom stereocenters. The Labute approximate surface area is 152 Å². The van der Waals surface area contributed by atoms with Crippen LogP contribution >= 0.6 is 0 Å². The van der Waals surface area contributed by atoms with E-state index >= 15 is 0 Å². The van der Waals surface area contributed by atoms with Gasteiger partial charge in [-0.2, -0.15) is 5.10 Å². The topological polar surface area (TPSA) is 64.0 Å². The zero-order valence-electron chi connectivity index (χ0n) is 15.2. The van der Waals surface area contributed by atoms with Gasteiger partial charge in [-0.15, -0.1) is 0 Å². The van der Waals surface area contributed by atoms with Crippen LogP contribution in [0.1, 0.15) is 23.1 Å². The zero-order chi connectivity index (χ0) is 18.5. The average Bonchev–Trinajstić information content (AvgIpc) is 2.63. The number of hydrogen-bond acceptors (Lipinski definition) is 3. The van der Waals surface area contributed by atoms with E-state index in [1.165, 1.54) is 22.9 Å². The summed E-state index contributed by atoms with van der Waals surface area (Å²) in [6.07, 6.45) is 3.08. The van der Waals surface area contributed by atoms with Crippen LogP contribution in [0.4, 0.5) is 0 Å². The molecule has 0 spiro atoms. The molecule has 1 amide bonds. The predicted octanol–water partition coefficient (Wildman–Crippen LogP) is 2.76. The third kappa shape index (κ3) is 4.17. The number of nitrogens with one attached hydrogen (secondary N) is 1. The minimum Gasteiger partial charge on any atom is -0.354 e. The minimum atomic E-state index is -0.134. The lowest BCUT2D eigenvalue weighted by molar-refractivity contribution is -0.121. The van der Waals surface area contributed by atoms with E-state index in [0.717, 1.165) is 12.8 Å². The summed E-state index contributed by atoms with van der Waals surface area (Å²) in [6.45, 7) is 4.93. The van der Waals surface area contributed by atoms with E-state index in [1.54, 1.807) is 22.9 Å². The first-order valence-corrected chi connectivity index (χ1v) is 8.82. The first kappa shape index (κ1) is 17.9. The quantitative estimate of drug-likeness (QED) is 0.696. The van der Waals surface area contributed by atoms with Crippen molar-refractivity contribution in [2.75, 3.05) is 6.54 Å². The normalized spacial score (nSPS) is 10.8. The fraction of sp³-hybridized carbons (Fsp3) is 0.286. The van der Waals surface area contributed by atoms with E-state index in [9.17, 15) is 9.59 Å². The molecule has 134 valence electrons. The maximum Gasteiger partial charge on any atom is 0.241 e. The van der Waals surface area contributed by atoms with Crippen LogP contribution in [0.15, 0.2) is 53.5 Å². The molecule has 0 saturated carbocycles. The number of fused-ring (bicyclic) bond motifs is 1. The molecule has 0 radical (unpaired) electrons. The standard InChI is InChI=1S/C21H23N3O2/c1-15-9-10-17(16(2)12-15)6-5-11-22-21(26)14-24-19-8-4-3-7-18(19)20(25)13-23-24/h3-4,7-10,12-13H,5-6,11,14H2,1-2H3,(H,22,26). The van der Waals surface area contributed by atoms with Crippen LogP contribution in [0.5, 0.6) is 0 Å². The summed E-state index contributed by atoms with van der Waals surface area (Å²) in [6, 6.07) is 13.6. The van der Waals surface area contributed by atoms with E-state index in [0.29, 0.717) is 17.4 Å². The number of aromatic nitrogens is 2. The highest BCUT2D eigenvalue weighted by atomic mass is 16.2. The Balaban J connectivity index is 1.55. The average molecular weight is 349 g/mol. The highest BCUT2D eigenvalue weighted by Gasteiger charge is 2.07. The summed E-state index contributed by atoms with van der Waals surface area (Å²) in [7, 11) is 0. The number of aryl methyl sites for hydroxylation is 3. The Morgan fingerprint density at radius 3 is 2.77 bits per heavy atom. The first-order chi connectivity index (χ1) is 12.5. The fourth-order valence-corrected chi connectivity index (χ4v) is 3.11. The van der Waals surface area contributed by atoms with Gasteiger partial charge in [-0.05, 0) is 49.9 Å². The van der Waals surface area contributed by atoms with Crippen molar-refractivity contribution < 1.29 is 4.79 Å². The molecular formula is C21H23N3O2. The molecule has 0 aliphatic heterocycles. The van der Waals surface area contributed by atoms with Gasteiger partial charge in [0, 0.05) is 11.9 Å². The van der Waals surface area contributed by atoms with Crippen LogP contribution < -0.4 is 10.7 Å². The maximum absolute atomic E-state index is 12.2. The van der Waals surface area contributed by atoms with Crippen molar-refractivity contribution in [1.29, 1.82) is 0 Å². The SMILES string of the molecule is Cc1ccc(CCCNC(=O)Cn2ncc(=O)c3ccccc32)c(C)c1. The second-order valence-electron chi connectivity index (χ2n) is 6.57. The number of hydrogen-bond donors (Lipinski definition) is 1. The Bertz CT molecular complexity index is 992. The van der Waals surface area contributed by atoms with Crippen LogP contribution in [0.2, 0.25) is 0 Å². The minimum absolute atomic E-state index is 0.102. The van der Waals surface area contributed by atoms with Crippen LogP contribution in [0.25, 0.3) is 10.9 Å². The Kier molecular flexibility index (Phi) is 5.46. The molecule has 0 aliphatic rings. The van der Waals surface area contributed by atoms with Gasteiger partial charge in [0.15, 0.2) is 0 Å². The van der Waals surface area contributed by atoms with E-state index in [-0.39, 0.29) is 17.9 Å². The lowest BCUT2D eigenvalue weighted by Gasteiger charge is -2.10. The fourth-order valence-electron chi connectivity index (χ4n) is 3.11. The van der Waals surface area contributed by atoms with Gasteiger partial charge in [0.25, 0.3) is 0 Å². The third-order valence-corrected chi connectivity index (χ3v) is 4.50. The Morgan fingerprint density at radius 1 is 1.15 bits per heavy atom. The first-order valence-electron chi connectivity index (χ1n) is 8.82. The maximum atomic E-state index is 12.2. The van der Waals surface area contributed by atoms with E-state index in [4.69, 9.17) is 0 Å². The molecule has 3 rings (SSSR count). The molecule has 5 nitrogen and oxygen atoms in total. The summed E-state index contributed by atoms with van der Waals surface area (Å²) in [4.78, 5) is 24.0. The molecule has 0 saturated heterocycles. The lowest BCUT2D eigenvalue weighted by Crippen LogP contribution is -2.30. The lowest BCUT2D eigenvalue weighted by atomic mass is 10.0. The number of carbonyl (C=O) groups excluding carboxylic acids is 1. The number of nitrogens with zero attached hydrogens (tertiary/aromatic N) is 2. The van der Waals surface area contributed by atoms with Crippen molar-refractivity contribution in [1.82, 2.24) is 15.1 Å². The second kappa shape index (κ2) is 7.95. The highest BCUT2D eigenvalue weighted by molar-refractivity contribution is 5.81. The molecule has 5 heteroatoms. The summed E-state index contributed by atoms with van der Waals surface area (Å²) >= 11 is 0. The molecule has 0 unspecified atom stereocenters. The van der Waals surface area contributed by atoms with Crippen molar-refractivity contribution in [3.63, 3.8) is 0 Å². The molecule has 0 fully saturated rings. The molecule has 2 aromatic carbocycles. The van der Waals surface area contributed by atoms with Crippen molar-refractivity contribution in [2.24, 2.45) is 0 Å². The van der Waals surface area contributed by atoms with Gasteiger partial charge in [0.2, 0.25) is 11.3 Å². The molecule has 0 bridgehead atoms. The van der Waals surface area contributed by atoms with Crippen molar-refractivity contribution in [3.05, 3.63) is 75.6 Å². The Morgan fingerprint density at radius 2 is 1.96 bits per heavy atom. The third-order valence-electron chi connectivity index (χ3n) is 4.50. The number of benzene rings is 2. The van der Waals surface area contributed by atoms with Gasteiger partial charge in [-0.25, -0.2) is 0 Å². The van der Waals surface area contributed by atoms with Gasteiger partial charge >= 0.3 is 0 Å². The molecule has 26 heavy (non-hydrogen) atoms. The summed E-state index contributed by atoms with van der Waals surface area (Å²) in [5.41, 5.74) is 4.41. The molecule has 1 heterocycles. The monoisotopic (exact) mass is 349 g/mol. The molecular weight excluding hydrogens is 326 g/mol. The van der Waals surface area contributed by atoms with E-state index in [1.807, 2.05) is 6.07 Å². The smallest absolute Gasteiger partial charge is 0.241 e. The highest BCUT2D eigenvalue weighted by Crippen LogP contribution is 2.12. The van der Waals surface area contributed by atoms with Crippen molar-refractivity contribution in [3.8, 4) is 0 Å². The van der Waals surface area contributed by atoms with E-state index in [2.05, 4.69) is 42.5 Å². The summed E-state index contributed by atoms with van der Waals surface area (Å²) < 4.78 is 1.57. The van der Waals surface area contributed by atoms with Crippen LogP contribution in [-0.4, -0.2) is 22.2 Å². The molecule has 3 aromatic rings. The van der Waals surface area contributed by atoms with Gasteiger partial charge in [0.05, 0.1) is 11.7 Å². The van der Waals surface area contributed by atoms with Gasteiger partial charge in [-0.1, -0.05) is 35.9 Å². The number of rotatable bonds is 6. The van der Waals surface area contributed by atoms with Crippen molar-refractivity contribution >= 4 is 16.8 Å². The summed E-state index contributed by atoms with van der Waals surface area (Å²) in [5.74, 6) is -0.105. The van der Waals surface area contributed by atoms with Crippen LogP contribution in [0.3, 0.4) is 0 Å². The van der Waals surface area contributed by atoms with Crippen LogP contribution in [-0.2, 0) is 17.8 Å². The van der Waals surface area contributed by atoms with Gasteiger partial charge in [0.1, 0.15) is 6.54 Å². The van der Waals surface area contributed by atoms with E-state index < -0.39 is 0 Å².